The van der Waals surface area contributed by atoms with Gasteiger partial charge in [0.15, 0.2) is 5.82 Å². The monoisotopic (exact) mass is 324 g/mol. The van der Waals surface area contributed by atoms with Gasteiger partial charge in [0, 0.05) is 10.6 Å². The van der Waals surface area contributed by atoms with Crippen molar-refractivity contribution in [1.82, 2.24) is 20.2 Å². The van der Waals surface area contributed by atoms with Gasteiger partial charge >= 0.3 is 0 Å². The van der Waals surface area contributed by atoms with Gasteiger partial charge in [-0.2, -0.15) is 5.10 Å². The van der Waals surface area contributed by atoms with Gasteiger partial charge in [-0.3, -0.25) is 5.10 Å². The summed E-state index contributed by atoms with van der Waals surface area (Å²) in [7, 11) is 0. The highest BCUT2D eigenvalue weighted by molar-refractivity contribution is 6.31. The molecule has 0 aliphatic rings. The molecule has 0 fully saturated rings. The number of hydrogen-bond donors (Lipinski definition) is 3. The van der Waals surface area contributed by atoms with Gasteiger partial charge in [-0.25, -0.2) is 4.98 Å². The van der Waals surface area contributed by atoms with Crippen LogP contribution < -0.4 is 0 Å². The van der Waals surface area contributed by atoms with Crippen LogP contribution in [0.4, 0.5) is 0 Å². The van der Waals surface area contributed by atoms with Crippen LogP contribution in [-0.2, 0) is 6.61 Å². The third kappa shape index (κ3) is 2.60. The number of H-pyrrole nitrogens is 2. The molecule has 2 heterocycles. The van der Waals surface area contributed by atoms with E-state index in [0.29, 0.717) is 10.8 Å². The average Bonchev–Trinajstić information content (AvgIpc) is 3.21. The van der Waals surface area contributed by atoms with E-state index in [1.807, 2.05) is 48.5 Å². The number of aromatic amines is 2. The fourth-order valence-electron chi connectivity index (χ4n) is 2.48. The normalized spacial score (nSPS) is 11.2. The lowest BCUT2D eigenvalue weighted by atomic mass is 10.1. The molecule has 0 amide bonds. The molecule has 0 saturated heterocycles. The first-order valence-electron chi connectivity index (χ1n) is 7.14. The van der Waals surface area contributed by atoms with Gasteiger partial charge in [-0.15, -0.1) is 0 Å². The van der Waals surface area contributed by atoms with Crippen LogP contribution in [0.3, 0.4) is 0 Å². The summed E-state index contributed by atoms with van der Waals surface area (Å²) in [5.41, 5.74) is 5.22. The molecule has 5 nitrogen and oxygen atoms in total. The molecule has 114 valence electrons. The van der Waals surface area contributed by atoms with Crippen molar-refractivity contribution in [3.8, 4) is 22.8 Å². The highest BCUT2D eigenvalue weighted by Gasteiger charge is 2.10. The Balaban J connectivity index is 1.70. The second kappa shape index (κ2) is 5.53. The van der Waals surface area contributed by atoms with Gasteiger partial charge in [-0.05, 0) is 29.8 Å². The van der Waals surface area contributed by atoms with E-state index in [-0.39, 0.29) is 6.61 Å². The number of imidazole rings is 1. The molecular weight excluding hydrogens is 312 g/mol. The molecule has 0 saturated carbocycles. The molecular formula is C17H13ClN4O. The number of aliphatic hydroxyl groups excluding tert-OH is 1. The first-order chi connectivity index (χ1) is 11.2. The van der Waals surface area contributed by atoms with Crippen LogP contribution >= 0.6 is 11.6 Å². The Morgan fingerprint density at radius 1 is 1.04 bits per heavy atom. The zero-order valence-corrected chi connectivity index (χ0v) is 12.8. The standard InChI is InChI=1S/C17H13ClN4O/c18-12-5-6-13-15(7-12)20-17(19-13)16-8-14(21-22-16)11-3-1-10(9-23)2-4-11/h1-8,23H,9H2,(H,19,20)(H,21,22). The second-order valence-corrected chi connectivity index (χ2v) is 5.71. The molecule has 4 rings (SSSR count). The van der Waals surface area contributed by atoms with Gasteiger partial charge in [0.05, 0.1) is 23.3 Å². The lowest BCUT2D eigenvalue weighted by Gasteiger charge is -1.98. The predicted molar refractivity (Wildman–Crippen MR) is 90.0 cm³/mol. The third-order valence-electron chi connectivity index (χ3n) is 3.71. The molecule has 6 heteroatoms. The number of aliphatic hydroxyl groups is 1. The molecule has 0 bridgehead atoms. The molecule has 0 spiro atoms. The topological polar surface area (TPSA) is 77.6 Å². The average molecular weight is 325 g/mol. The summed E-state index contributed by atoms with van der Waals surface area (Å²) in [5, 5.41) is 17.1. The van der Waals surface area contributed by atoms with E-state index in [4.69, 9.17) is 16.7 Å². The highest BCUT2D eigenvalue weighted by Crippen LogP contribution is 2.25. The number of benzene rings is 2. The summed E-state index contributed by atoms with van der Waals surface area (Å²) < 4.78 is 0. The van der Waals surface area contributed by atoms with Crippen molar-refractivity contribution >= 4 is 22.6 Å². The van der Waals surface area contributed by atoms with E-state index in [0.717, 1.165) is 33.5 Å². The van der Waals surface area contributed by atoms with E-state index in [1.165, 1.54) is 0 Å². The maximum absolute atomic E-state index is 9.10. The summed E-state index contributed by atoms with van der Waals surface area (Å²) in [6, 6.07) is 15.1. The maximum Gasteiger partial charge on any atom is 0.156 e. The second-order valence-electron chi connectivity index (χ2n) is 5.27. The summed E-state index contributed by atoms with van der Waals surface area (Å²) >= 11 is 5.99. The van der Waals surface area contributed by atoms with Crippen molar-refractivity contribution in [2.45, 2.75) is 6.61 Å². The lowest BCUT2D eigenvalue weighted by molar-refractivity contribution is 0.282. The van der Waals surface area contributed by atoms with Gasteiger partial charge in [0.2, 0.25) is 0 Å². The van der Waals surface area contributed by atoms with Gasteiger partial charge in [0.1, 0.15) is 5.69 Å². The Kier molecular flexibility index (Phi) is 3.37. The SMILES string of the molecule is OCc1ccc(-c2cc(-c3nc4cc(Cl)ccc4[nH]3)[nH]n2)cc1. The summed E-state index contributed by atoms with van der Waals surface area (Å²) in [6.45, 7) is 0.0354. The number of rotatable bonds is 3. The molecule has 0 unspecified atom stereocenters. The number of nitrogens with one attached hydrogen (secondary N) is 2. The molecule has 0 aliphatic carbocycles. The number of aromatic nitrogens is 4. The molecule has 2 aromatic carbocycles. The molecule has 23 heavy (non-hydrogen) atoms. The number of nitrogens with zero attached hydrogens (tertiary/aromatic N) is 2. The van der Waals surface area contributed by atoms with Crippen molar-refractivity contribution in [3.63, 3.8) is 0 Å². The minimum absolute atomic E-state index is 0.0354. The quantitative estimate of drug-likeness (QED) is 0.537. The zero-order chi connectivity index (χ0) is 15.8. The Morgan fingerprint density at radius 2 is 1.87 bits per heavy atom. The van der Waals surface area contributed by atoms with E-state index in [2.05, 4.69) is 20.2 Å². The van der Waals surface area contributed by atoms with Crippen LogP contribution in [0.2, 0.25) is 5.02 Å². The van der Waals surface area contributed by atoms with Crippen LogP contribution in [0.15, 0.2) is 48.5 Å². The van der Waals surface area contributed by atoms with Crippen LogP contribution in [0.25, 0.3) is 33.8 Å². The van der Waals surface area contributed by atoms with Crippen LogP contribution in [-0.4, -0.2) is 25.3 Å². The molecule has 4 aromatic rings. The minimum Gasteiger partial charge on any atom is -0.392 e. The summed E-state index contributed by atoms with van der Waals surface area (Å²) in [6.07, 6.45) is 0. The Bertz CT molecular complexity index is 972. The minimum atomic E-state index is 0.0354. The van der Waals surface area contributed by atoms with Crippen LogP contribution in [0.1, 0.15) is 5.56 Å². The fraction of sp³-hybridized carbons (Fsp3) is 0.0588. The lowest BCUT2D eigenvalue weighted by Crippen LogP contribution is -1.83. The van der Waals surface area contributed by atoms with Gasteiger partial charge < -0.3 is 10.1 Å². The van der Waals surface area contributed by atoms with Gasteiger partial charge in [0.25, 0.3) is 0 Å². The Morgan fingerprint density at radius 3 is 2.65 bits per heavy atom. The van der Waals surface area contributed by atoms with E-state index >= 15 is 0 Å². The summed E-state index contributed by atoms with van der Waals surface area (Å²) in [5.74, 6) is 0.716. The van der Waals surface area contributed by atoms with Crippen molar-refractivity contribution in [2.24, 2.45) is 0 Å². The largest absolute Gasteiger partial charge is 0.392 e. The van der Waals surface area contributed by atoms with E-state index < -0.39 is 0 Å². The van der Waals surface area contributed by atoms with Crippen molar-refractivity contribution < 1.29 is 5.11 Å². The van der Waals surface area contributed by atoms with Gasteiger partial charge in [-0.1, -0.05) is 35.9 Å². The fourth-order valence-corrected chi connectivity index (χ4v) is 2.64. The molecule has 0 aliphatic heterocycles. The van der Waals surface area contributed by atoms with E-state index in [1.54, 1.807) is 0 Å². The highest BCUT2D eigenvalue weighted by atomic mass is 35.5. The zero-order valence-electron chi connectivity index (χ0n) is 12.0. The predicted octanol–water partition coefficient (Wildman–Crippen LogP) is 3.77. The van der Waals surface area contributed by atoms with Crippen molar-refractivity contribution in [1.29, 1.82) is 0 Å². The molecule has 3 N–H and O–H groups in total. The smallest absolute Gasteiger partial charge is 0.156 e. The number of halogens is 1. The van der Waals surface area contributed by atoms with Crippen molar-refractivity contribution in [3.05, 3.63) is 59.1 Å². The number of fused-ring (bicyclic) bond motifs is 1. The molecule has 2 aromatic heterocycles. The Labute approximate surface area is 137 Å². The van der Waals surface area contributed by atoms with Crippen LogP contribution in [0, 0.1) is 0 Å². The molecule has 0 atom stereocenters. The third-order valence-corrected chi connectivity index (χ3v) is 3.95. The maximum atomic E-state index is 9.10. The van der Waals surface area contributed by atoms with E-state index in [9.17, 15) is 0 Å². The number of hydrogen-bond acceptors (Lipinski definition) is 3. The first kappa shape index (κ1) is 14.0. The summed E-state index contributed by atoms with van der Waals surface area (Å²) in [4.78, 5) is 7.78. The van der Waals surface area contributed by atoms with Crippen LogP contribution in [0.5, 0.6) is 0 Å². The Hall–Kier alpha value is -2.63. The molecule has 0 radical (unpaired) electrons. The van der Waals surface area contributed by atoms with Crippen molar-refractivity contribution in [2.75, 3.05) is 0 Å². The first-order valence-corrected chi connectivity index (χ1v) is 7.52.